The van der Waals surface area contributed by atoms with Crippen LogP contribution in [0.15, 0.2) is 0 Å². The van der Waals surface area contributed by atoms with Crippen molar-refractivity contribution >= 4 is 9.28 Å². The van der Waals surface area contributed by atoms with Crippen LogP contribution in [0.5, 0.6) is 0 Å². The van der Waals surface area contributed by atoms with Gasteiger partial charge in [-0.3, -0.25) is 0 Å². The Morgan fingerprint density at radius 1 is 0.393 bits per heavy atom. The molecule has 0 amide bonds. The average Bonchev–Trinajstić information content (AvgIpc) is 2.72. The lowest BCUT2D eigenvalue weighted by molar-refractivity contribution is 0.276. The Bertz CT molecular complexity index is 269. The molecule has 0 heterocycles. The van der Waals surface area contributed by atoms with Gasteiger partial charge in [0, 0.05) is 14.2 Å². The third-order valence-corrected chi connectivity index (χ3v) is 8.00. The van der Waals surface area contributed by atoms with Gasteiger partial charge < -0.3 is 8.85 Å². The third kappa shape index (κ3) is 22.4. The van der Waals surface area contributed by atoms with E-state index in [0.29, 0.717) is 0 Å². The SMILES string of the molecule is CCCCCCCCCCCCCCCCCCCCCCC[SiH](OC)OC. The van der Waals surface area contributed by atoms with Gasteiger partial charge in [-0.2, -0.15) is 0 Å². The molecule has 0 atom stereocenters. The first-order chi connectivity index (χ1) is 13.8. The van der Waals surface area contributed by atoms with Gasteiger partial charge >= 0.3 is 9.28 Å². The van der Waals surface area contributed by atoms with Crippen molar-refractivity contribution in [1.82, 2.24) is 0 Å². The summed E-state index contributed by atoms with van der Waals surface area (Å²) in [4.78, 5) is 0. The lowest BCUT2D eigenvalue weighted by atomic mass is 10.0. The first-order valence-corrected chi connectivity index (χ1v) is 14.7. The highest BCUT2D eigenvalue weighted by atomic mass is 28.3. The first-order valence-electron chi connectivity index (χ1n) is 12.9. The number of hydrogen-bond acceptors (Lipinski definition) is 2. The molecule has 170 valence electrons. The van der Waals surface area contributed by atoms with E-state index in [1.165, 1.54) is 141 Å². The minimum absolute atomic E-state index is 1.17. The largest absolute Gasteiger partial charge is 0.400 e. The maximum atomic E-state index is 5.36. The molecule has 0 aromatic rings. The van der Waals surface area contributed by atoms with E-state index >= 15 is 0 Å². The highest BCUT2D eigenvalue weighted by Crippen LogP contribution is 2.15. The molecule has 0 saturated heterocycles. The summed E-state index contributed by atoms with van der Waals surface area (Å²) in [6, 6.07) is 1.17. The minimum atomic E-state index is -1.29. The van der Waals surface area contributed by atoms with Crippen LogP contribution in [0.2, 0.25) is 6.04 Å². The highest BCUT2D eigenvalue weighted by Gasteiger charge is 2.07. The summed E-state index contributed by atoms with van der Waals surface area (Å²) in [5.41, 5.74) is 0. The van der Waals surface area contributed by atoms with Gasteiger partial charge in [-0.05, 0) is 6.04 Å². The molecule has 0 aliphatic carbocycles. The number of hydrogen-bond donors (Lipinski definition) is 0. The van der Waals surface area contributed by atoms with Gasteiger partial charge in [0.15, 0.2) is 0 Å². The van der Waals surface area contributed by atoms with Crippen molar-refractivity contribution < 1.29 is 8.85 Å². The fraction of sp³-hybridized carbons (Fsp3) is 1.00. The summed E-state index contributed by atoms with van der Waals surface area (Å²) in [6.45, 7) is 2.30. The second-order valence-corrected chi connectivity index (χ2v) is 11.1. The van der Waals surface area contributed by atoms with Crippen molar-refractivity contribution in [2.75, 3.05) is 14.2 Å². The number of rotatable bonds is 24. The molecule has 0 aliphatic heterocycles. The Morgan fingerprint density at radius 2 is 0.643 bits per heavy atom. The second-order valence-electron chi connectivity index (χ2n) is 8.76. The lowest BCUT2D eigenvalue weighted by Crippen LogP contribution is -2.18. The standard InChI is InChI=1S/C25H54O2Si/c1-4-5-6-7-8-9-10-11-12-13-14-15-16-17-18-19-20-21-22-23-24-25-28(26-2)27-3/h28H,4-25H2,1-3H3. The molecule has 28 heavy (non-hydrogen) atoms. The van der Waals surface area contributed by atoms with Crippen LogP contribution in [0.4, 0.5) is 0 Å². The number of unbranched alkanes of at least 4 members (excludes halogenated alkanes) is 20. The summed E-state index contributed by atoms with van der Waals surface area (Å²) in [5, 5.41) is 0. The van der Waals surface area contributed by atoms with Crippen molar-refractivity contribution in [2.45, 2.75) is 148 Å². The van der Waals surface area contributed by atoms with Gasteiger partial charge in [-0.15, -0.1) is 0 Å². The monoisotopic (exact) mass is 414 g/mol. The lowest BCUT2D eigenvalue weighted by Gasteiger charge is -2.10. The molecule has 0 aromatic heterocycles. The van der Waals surface area contributed by atoms with Crippen LogP contribution in [0, 0.1) is 0 Å². The van der Waals surface area contributed by atoms with Gasteiger partial charge in [-0.25, -0.2) is 0 Å². The molecular formula is C25H54O2Si. The maximum absolute atomic E-state index is 5.36. The minimum Gasteiger partial charge on any atom is -0.400 e. The van der Waals surface area contributed by atoms with Gasteiger partial charge in [0.05, 0.1) is 0 Å². The van der Waals surface area contributed by atoms with Crippen molar-refractivity contribution in [2.24, 2.45) is 0 Å². The van der Waals surface area contributed by atoms with E-state index in [4.69, 9.17) is 8.85 Å². The van der Waals surface area contributed by atoms with Crippen molar-refractivity contribution in [3.05, 3.63) is 0 Å². The summed E-state index contributed by atoms with van der Waals surface area (Å²) in [6.07, 6.45) is 30.3. The molecule has 0 N–H and O–H groups in total. The van der Waals surface area contributed by atoms with Crippen LogP contribution in [-0.4, -0.2) is 23.5 Å². The van der Waals surface area contributed by atoms with Gasteiger partial charge in [-0.1, -0.05) is 142 Å². The van der Waals surface area contributed by atoms with Gasteiger partial charge in [0.2, 0.25) is 0 Å². The van der Waals surface area contributed by atoms with Gasteiger partial charge in [0.25, 0.3) is 0 Å². The Labute approximate surface area is 180 Å². The van der Waals surface area contributed by atoms with E-state index < -0.39 is 9.28 Å². The van der Waals surface area contributed by atoms with E-state index in [1.54, 1.807) is 14.2 Å². The zero-order valence-electron chi connectivity index (χ0n) is 20.0. The molecule has 0 radical (unpaired) electrons. The molecule has 0 saturated carbocycles. The molecule has 0 rings (SSSR count). The molecule has 3 heteroatoms. The van der Waals surface area contributed by atoms with E-state index in [2.05, 4.69) is 6.92 Å². The van der Waals surface area contributed by atoms with Crippen LogP contribution in [0.25, 0.3) is 0 Å². The molecule has 0 unspecified atom stereocenters. The van der Waals surface area contributed by atoms with Crippen LogP contribution in [0.1, 0.15) is 142 Å². The highest BCUT2D eigenvalue weighted by molar-refractivity contribution is 6.44. The zero-order valence-corrected chi connectivity index (χ0v) is 21.1. The van der Waals surface area contributed by atoms with Crippen molar-refractivity contribution in [1.29, 1.82) is 0 Å². The van der Waals surface area contributed by atoms with E-state index in [1.807, 2.05) is 0 Å². The zero-order chi connectivity index (χ0) is 20.5. The topological polar surface area (TPSA) is 18.5 Å². The van der Waals surface area contributed by atoms with E-state index in [9.17, 15) is 0 Å². The van der Waals surface area contributed by atoms with E-state index in [-0.39, 0.29) is 0 Å². The Kier molecular flexibility index (Phi) is 25.3. The van der Waals surface area contributed by atoms with Crippen LogP contribution < -0.4 is 0 Å². The molecule has 0 aromatic carbocycles. The predicted octanol–water partition coefficient (Wildman–Crippen LogP) is 8.71. The molecule has 0 aliphatic rings. The Morgan fingerprint density at radius 3 is 0.893 bits per heavy atom. The predicted molar refractivity (Wildman–Crippen MR) is 129 cm³/mol. The normalized spacial score (nSPS) is 11.6. The van der Waals surface area contributed by atoms with Crippen LogP contribution in [0.3, 0.4) is 0 Å². The van der Waals surface area contributed by atoms with Crippen LogP contribution >= 0.6 is 0 Å². The fourth-order valence-electron chi connectivity index (χ4n) is 4.07. The Balaban J connectivity index is 3.03. The summed E-state index contributed by atoms with van der Waals surface area (Å²) < 4.78 is 10.7. The van der Waals surface area contributed by atoms with E-state index in [0.717, 1.165) is 0 Å². The smallest absolute Gasteiger partial charge is 0.320 e. The summed E-state index contributed by atoms with van der Waals surface area (Å²) in [5.74, 6) is 0. The molecule has 0 bridgehead atoms. The molecule has 2 nitrogen and oxygen atoms in total. The quantitative estimate of drug-likeness (QED) is 0.116. The molecule has 0 fully saturated rings. The molecular weight excluding hydrogens is 360 g/mol. The summed E-state index contributed by atoms with van der Waals surface area (Å²) in [7, 11) is 2.29. The van der Waals surface area contributed by atoms with Crippen molar-refractivity contribution in [3.8, 4) is 0 Å². The summed E-state index contributed by atoms with van der Waals surface area (Å²) >= 11 is 0. The molecule has 0 spiro atoms. The maximum Gasteiger partial charge on any atom is 0.320 e. The average molecular weight is 415 g/mol. The van der Waals surface area contributed by atoms with Crippen molar-refractivity contribution in [3.63, 3.8) is 0 Å². The Hall–Kier alpha value is 0.137. The fourth-order valence-corrected chi connectivity index (χ4v) is 5.36. The van der Waals surface area contributed by atoms with Crippen LogP contribution in [-0.2, 0) is 8.85 Å². The van der Waals surface area contributed by atoms with Gasteiger partial charge in [0.1, 0.15) is 0 Å². The second kappa shape index (κ2) is 25.2. The third-order valence-electron chi connectivity index (χ3n) is 6.07. The first kappa shape index (κ1) is 28.1.